The monoisotopic (exact) mass is 427 g/mol. The molecule has 2 amide bonds. The van der Waals surface area contributed by atoms with E-state index in [4.69, 9.17) is 0 Å². The van der Waals surface area contributed by atoms with Crippen molar-refractivity contribution in [2.45, 2.75) is 31.5 Å². The zero-order valence-corrected chi connectivity index (χ0v) is 16.4. The second-order valence-electron chi connectivity index (χ2n) is 6.63. The van der Waals surface area contributed by atoms with Gasteiger partial charge in [-0.1, -0.05) is 5.21 Å². The van der Waals surface area contributed by atoms with Crippen molar-refractivity contribution in [2.24, 2.45) is 0 Å². The van der Waals surface area contributed by atoms with Gasteiger partial charge in [0.2, 0.25) is 0 Å². The third-order valence-corrected chi connectivity index (χ3v) is 4.87. The van der Waals surface area contributed by atoms with Crippen molar-refractivity contribution in [3.63, 3.8) is 0 Å². The number of aromatic nitrogens is 3. The lowest BCUT2D eigenvalue weighted by Gasteiger charge is -2.10. The summed E-state index contributed by atoms with van der Waals surface area (Å²) in [4.78, 5) is 24.3. The summed E-state index contributed by atoms with van der Waals surface area (Å²) in [6.07, 6.45) is -0.0441. The molecule has 29 heavy (non-hydrogen) atoms. The second kappa shape index (κ2) is 8.85. The third kappa shape index (κ3) is 5.72. The number of amides is 2. The van der Waals surface area contributed by atoms with Gasteiger partial charge in [0.15, 0.2) is 5.69 Å². The molecule has 3 rings (SSSR count). The Bertz CT molecular complexity index is 879. The summed E-state index contributed by atoms with van der Waals surface area (Å²) in [5.41, 5.74) is 1.56. The van der Waals surface area contributed by atoms with E-state index in [1.165, 1.54) is 16.8 Å². The Hall–Kier alpha value is -2.56. The molecule has 0 saturated heterocycles. The number of rotatable bonds is 8. The quantitative estimate of drug-likeness (QED) is 0.675. The number of thioether (sulfide) groups is 1. The van der Waals surface area contributed by atoms with Gasteiger partial charge in [0.25, 0.3) is 11.8 Å². The first kappa shape index (κ1) is 21.2. The molecule has 1 aliphatic carbocycles. The van der Waals surface area contributed by atoms with E-state index in [1.54, 1.807) is 23.9 Å². The van der Waals surface area contributed by atoms with Gasteiger partial charge in [-0.3, -0.25) is 9.59 Å². The molecule has 1 aliphatic rings. The van der Waals surface area contributed by atoms with E-state index in [-0.39, 0.29) is 23.2 Å². The van der Waals surface area contributed by atoms with Crippen LogP contribution in [0.2, 0.25) is 0 Å². The van der Waals surface area contributed by atoms with E-state index >= 15 is 0 Å². The summed E-state index contributed by atoms with van der Waals surface area (Å²) in [7, 11) is 0. The van der Waals surface area contributed by atoms with Gasteiger partial charge < -0.3 is 10.6 Å². The lowest BCUT2D eigenvalue weighted by atomic mass is 10.1. The first-order valence-electron chi connectivity index (χ1n) is 8.98. The average molecular weight is 427 g/mol. The van der Waals surface area contributed by atoms with Gasteiger partial charge in [-0.05, 0) is 49.1 Å². The minimum atomic E-state index is -4.47. The van der Waals surface area contributed by atoms with Crippen LogP contribution < -0.4 is 10.6 Å². The van der Waals surface area contributed by atoms with Crippen molar-refractivity contribution >= 4 is 23.6 Å². The van der Waals surface area contributed by atoms with Crippen molar-refractivity contribution in [1.82, 2.24) is 25.6 Å². The van der Waals surface area contributed by atoms with Crippen molar-refractivity contribution < 1.29 is 22.8 Å². The first-order chi connectivity index (χ1) is 13.8. The number of nitrogens with zero attached hydrogens (tertiary/aromatic N) is 3. The maximum atomic E-state index is 12.4. The predicted octanol–water partition coefficient (Wildman–Crippen LogP) is 2.36. The fraction of sp³-hybridized carbons (Fsp3) is 0.444. The number of halogens is 3. The van der Waals surface area contributed by atoms with Crippen LogP contribution in [0.3, 0.4) is 0 Å². The molecule has 1 heterocycles. The third-order valence-electron chi connectivity index (χ3n) is 4.26. The van der Waals surface area contributed by atoms with Gasteiger partial charge in [-0.2, -0.15) is 24.9 Å². The Kier molecular flexibility index (Phi) is 6.46. The molecule has 1 aromatic heterocycles. The second-order valence-corrected chi connectivity index (χ2v) is 7.62. The minimum absolute atomic E-state index is 0.0930. The highest BCUT2D eigenvalue weighted by Crippen LogP contribution is 2.21. The molecule has 0 bridgehead atoms. The van der Waals surface area contributed by atoms with Crippen LogP contribution in [0.1, 0.15) is 39.4 Å². The summed E-state index contributed by atoms with van der Waals surface area (Å²) >= 11 is 1.62. The summed E-state index contributed by atoms with van der Waals surface area (Å²) in [6, 6.07) is 6.12. The Morgan fingerprint density at radius 1 is 1.21 bits per heavy atom. The number of hydrogen-bond donors (Lipinski definition) is 2. The Morgan fingerprint density at radius 2 is 1.90 bits per heavy atom. The first-order valence-corrected chi connectivity index (χ1v) is 10.4. The molecule has 0 spiro atoms. The van der Waals surface area contributed by atoms with Crippen LogP contribution in [-0.2, 0) is 6.42 Å². The van der Waals surface area contributed by atoms with E-state index in [0.29, 0.717) is 17.8 Å². The van der Waals surface area contributed by atoms with Gasteiger partial charge in [0.1, 0.15) is 6.54 Å². The topological polar surface area (TPSA) is 88.9 Å². The molecular formula is C18H20F3N5O2S. The highest BCUT2D eigenvalue weighted by Gasteiger charge is 2.29. The Morgan fingerprint density at radius 3 is 2.48 bits per heavy atom. The highest BCUT2D eigenvalue weighted by molar-refractivity contribution is 7.98. The van der Waals surface area contributed by atoms with E-state index in [9.17, 15) is 22.8 Å². The lowest BCUT2D eigenvalue weighted by molar-refractivity contribution is -0.123. The zero-order valence-electron chi connectivity index (χ0n) is 15.6. The van der Waals surface area contributed by atoms with Gasteiger partial charge in [0.05, 0.1) is 11.4 Å². The minimum Gasteiger partial charge on any atom is -0.348 e. The van der Waals surface area contributed by atoms with Crippen molar-refractivity contribution in [1.29, 1.82) is 0 Å². The number of benzene rings is 1. The van der Waals surface area contributed by atoms with Crippen molar-refractivity contribution in [3.05, 3.63) is 41.2 Å². The molecule has 2 aromatic rings. The maximum Gasteiger partial charge on any atom is 0.405 e. The fourth-order valence-electron chi connectivity index (χ4n) is 2.63. The van der Waals surface area contributed by atoms with E-state index in [0.717, 1.165) is 18.6 Å². The number of carbonyl (C=O) groups excluding carboxylic acids is 2. The molecule has 2 N–H and O–H groups in total. The molecule has 7 nitrogen and oxygen atoms in total. The Balaban J connectivity index is 1.79. The van der Waals surface area contributed by atoms with Crippen molar-refractivity contribution in [3.8, 4) is 5.69 Å². The summed E-state index contributed by atoms with van der Waals surface area (Å²) in [5.74, 6) is -0.327. The largest absolute Gasteiger partial charge is 0.405 e. The number of hydrogen-bond acceptors (Lipinski definition) is 5. The molecule has 11 heteroatoms. The van der Waals surface area contributed by atoms with Gasteiger partial charge >= 0.3 is 6.18 Å². The van der Waals surface area contributed by atoms with Crippen LogP contribution in [0.15, 0.2) is 24.3 Å². The average Bonchev–Trinajstić information content (AvgIpc) is 3.39. The van der Waals surface area contributed by atoms with Crippen LogP contribution in [0.25, 0.3) is 5.69 Å². The Labute approximate surface area is 169 Å². The van der Waals surface area contributed by atoms with Crippen molar-refractivity contribution in [2.75, 3.05) is 18.6 Å². The van der Waals surface area contributed by atoms with E-state index < -0.39 is 18.6 Å². The summed E-state index contributed by atoms with van der Waals surface area (Å²) in [5, 5.41) is 12.8. The smallest absolute Gasteiger partial charge is 0.348 e. The van der Waals surface area contributed by atoms with Gasteiger partial charge in [-0.25, -0.2) is 4.68 Å². The number of carbonyl (C=O) groups is 2. The normalized spacial score (nSPS) is 13.9. The number of alkyl halides is 3. The highest BCUT2D eigenvalue weighted by atomic mass is 32.2. The van der Waals surface area contributed by atoms with E-state index in [2.05, 4.69) is 15.6 Å². The van der Waals surface area contributed by atoms with Crippen LogP contribution in [-0.4, -0.2) is 57.6 Å². The molecular weight excluding hydrogens is 407 g/mol. The molecule has 1 fully saturated rings. The predicted molar refractivity (Wildman–Crippen MR) is 102 cm³/mol. The maximum absolute atomic E-state index is 12.4. The van der Waals surface area contributed by atoms with Crippen LogP contribution in [0.5, 0.6) is 0 Å². The lowest BCUT2D eigenvalue weighted by Crippen LogP contribution is -2.33. The van der Waals surface area contributed by atoms with Gasteiger partial charge in [-0.15, -0.1) is 5.10 Å². The molecule has 0 unspecified atom stereocenters. The summed E-state index contributed by atoms with van der Waals surface area (Å²) < 4.78 is 38.3. The SMILES string of the molecule is CSCCc1c(C(=O)NC2CC2)nnn1-c1ccc(C(=O)NCC(F)(F)F)cc1. The standard InChI is InChI=1S/C18H20F3N5O2S/c1-29-9-8-14-15(17(28)23-12-4-5-12)24-25-26(14)13-6-2-11(3-7-13)16(27)22-10-18(19,20)21/h2-3,6-7,12H,4-5,8-10H2,1H3,(H,22,27)(H,23,28). The molecule has 1 saturated carbocycles. The van der Waals surface area contributed by atoms with Gasteiger partial charge in [0, 0.05) is 18.0 Å². The molecule has 156 valence electrons. The molecule has 0 radical (unpaired) electrons. The number of nitrogens with one attached hydrogen (secondary N) is 2. The molecule has 0 atom stereocenters. The molecule has 1 aromatic carbocycles. The molecule has 0 aliphatic heterocycles. The zero-order chi connectivity index (χ0) is 21.0. The van der Waals surface area contributed by atoms with Crippen LogP contribution in [0, 0.1) is 0 Å². The van der Waals surface area contributed by atoms with E-state index in [1.807, 2.05) is 11.6 Å². The summed E-state index contributed by atoms with van der Waals surface area (Å²) in [6.45, 7) is -1.39. The van der Waals surface area contributed by atoms with Crippen LogP contribution >= 0.6 is 11.8 Å². The fourth-order valence-corrected chi connectivity index (χ4v) is 3.02. The van der Waals surface area contributed by atoms with Crippen LogP contribution in [0.4, 0.5) is 13.2 Å².